The first-order valence-electron chi connectivity index (χ1n) is 8.00. The lowest BCUT2D eigenvalue weighted by atomic mass is 9.93. The zero-order chi connectivity index (χ0) is 17.8. The lowest BCUT2D eigenvalue weighted by molar-refractivity contribution is 0.916. The van der Waals surface area contributed by atoms with Crippen molar-refractivity contribution in [2.75, 3.05) is 0 Å². The van der Waals surface area contributed by atoms with Crippen LogP contribution >= 0.6 is 0 Å². The molecule has 2 N–H and O–H groups in total. The quantitative estimate of drug-likeness (QED) is 0.636. The highest BCUT2D eigenvalue weighted by molar-refractivity contribution is 5.75. The number of rotatable bonds is 6. The summed E-state index contributed by atoms with van der Waals surface area (Å²) in [5.41, 5.74) is 12.5. The van der Waals surface area contributed by atoms with Gasteiger partial charge in [0.2, 0.25) is 0 Å². The molecule has 0 bridgehead atoms. The van der Waals surface area contributed by atoms with Crippen LogP contribution in [0.3, 0.4) is 0 Å². The summed E-state index contributed by atoms with van der Waals surface area (Å²) in [4.78, 5) is 0. The van der Waals surface area contributed by atoms with Crippen LogP contribution in [0.2, 0.25) is 0 Å². The molecule has 0 aliphatic carbocycles. The molecule has 0 aliphatic rings. The Morgan fingerprint density at radius 3 is 2.22 bits per heavy atom. The average molecular weight is 309 g/mol. The number of nitrogens with two attached hydrogens (primary N) is 1. The van der Waals surface area contributed by atoms with Crippen molar-refractivity contribution in [1.29, 1.82) is 0 Å². The smallest absolute Gasteiger partial charge is 0.00328 e. The SMILES string of the molecule is C=C/C(C)=C\N.C=C/C=C\C(=C)c1cc(C)c(C)cc1CCC. The summed E-state index contributed by atoms with van der Waals surface area (Å²) in [5.74, 6) is 0. The summed E-state index contributed by atoms with van der Waals surface area (Å²) in [7, 11) is 0. The predicted molar refractivity (Wildman–Crippen MR) is 106 cm³/mol. The third kappa shape index (κ3) is 7.51. The molecule has 0 amide bonds. The molecule has 0 saturated carbocycles. The molecular weight excluding hydrogens is 278 g/mol. The first-order chi connectivity index (χ1) is 10.9. The van der Waals surface area contributed by atoms with Gasteiger partial charge in [0.15, 0.2) is 0 Å². The first-order valence-corrected chi connectivity index (χ1v) is 8.00. The highest BCUT2D eigenvalue weighted by Gasteiger charge is 2.06. The van der Waals surface area contributed by atoms with Gasteiger partial charge in [0.05, 0.1) is 0 Å². The summed E-state index contributed by atoms with van der Waals surface area (Å²) in [6.07, 6.45) is 11.2. The van der Waals surface area contributed by atoms with E-state index in [1.165, 1.54) is 28.5 Å². The van der Waals surface area contributed by atoms with Gasteiger partial charge in [-0.3, -0.25) is 0 Å². The number of hydrogen-bond acceptors (Lipinski definition) is 1. The van der Waals surface area contributed by atoms with Crippen molar-refractivity contribution in [3.05, 3.63) is 90.2 Å². The largest absolute Gasteiger partial charge is 0.404 e. The molecule has 1 nitrogen and oxygen atoms in total. The second-order valence-electron chi connectivity index (χ2n) is 5.58. The zero-order valence-corrected chi connectivity index (χ0v) is 15.2. The lowest BCUT2D eigenvalue weighted by Crippen LogP contribution is -1.95. The molecule has 23 heavy (non-hydrogen) atoms. The van der Waals surface area contributed by atoms with Gasteiger partial charge in [-0.1, -0.05) is 69.5 Å². The number of benzene rings is 1. The van der Waals surface area contributed by atoms with Gasteiger partial charge in [-0.25, -0.2) is 0 Å². The van der Waals surface area contributed by atoms with E-state index in [-0.39, 0.29) is 0 Å². The minimum atomic E-state index is 1.01. The van der Waals surface area contributed by atoms with E-state index in [4.69, 9.17) is 5.73 Å². The van der Waals surface area contributed by atoms with Crippen molar-refractivity contribution in [3.8, 4) is 0 Å². The fraction of sp³-hybridized carbons (Fsp3) is 0.273. The van der Waals surface area contributed by atoms with E-state index in [2.05, 4.69) is 52.6 Å². The van der Waals surface area contributed by atoms with Crippen molar-refractivity contribution in [2.45, 2.75) is 40.5 Å². The fourth-order valence-electron chi connectivity index (χ4n) is 1.99. The molecule has 124 valence electrons. The van der Waals surface area contributed by atoms with E-state index in [1.807, 2.05) is 19.1 Å². The number of hydrogen-bond donors (Lipinski definition) is 1. The second kappa shape index (κ2) is 11.3. The van der Waals surface area contributed by atoms with Gasteiger partial charge in [0, 0.05) is 0 Å². The van der Waals surface area contributed by atoms with Crippen LogP contribution < -0.4 is 5.73 Å². The third-order valence-electron chi connectivity index (χ3n) is 3.60. The number of aryl methyl sites for hydroxylation is 3. The van der Waals surface area contributed by atoms with E-state index in [1.54, 1.807) is 12.2 Å². The molecule has 0 atom stereocenters. The first kappa shape index (κ1) is 20.7. The molecule has 0 aliphatic heterocycles. The molecule has 0 spiro atoms. The summed E-state index contributed by atoms with van der Waals surface area (Å²) in [5, 5.41) is 0. The van der Waals surface area contributed by atoms with Gasteiger partial charge in [-0.2, -0.15) is 0 Å². The number of allylic oxidation sites excluding steroid dienone is 6. The Kier molecular flexibility index (Phi) is 10.2. The Bertz CT molecular complexity index is 601. The van der Waals surface area contributed by atoms with Gasteiger partial charge in [-0.05, 0) is 66.8 Å². The topological polar surface area (TPSA) is 26.0 Å². The lowest BCUT2D eigenvalue weighted by Gasteiger charge is -2.12. The maximum absolute atomic E-state index is 5.05. The minimum absolute atomic E-state index is 1.01. The van der Waals surface area contributed by atoms with E-state index in [0.29, 0.717) is 0 Å². The third-order valence-corrected chi connectivity index (χ3v) is 3.60. The molecule has 1 aromatic rings. The molecule has 0 heterocycles. The van der Waals surface area contributed by atoms with E-state index in [0.717, 1.165) is 24.0 Å². The summed E-state index contributed by atoms with van der Waals surface area (Å²) in [6, 6.07) is 4.54. The molecule has 1 heteroatoms. The predicted octanol–water partition coefficient (Wildman–Crippen LogP) is 6.05. The Hall–Kier alpha value is -2.28. The molecule has 1 aromatic carbocycles. The van der Waals surface area contributed by atoms with Crippen LogP contribution in [0.1, 0.15) is 42.5 Å². The van der Waals surface area contributed by atoms with Crippen LogP contribution in [0.15, 0.2) is 67.9 Å². The average Bonchev–Trinajstić information content (AvgIpc) is 2.55. The monoisotopic (exact) mass is 309 g/mol. The molecule has 0 saturated heterocycles. The Morgan fingerprint density at radius 1 is 1.17 bits per heavy atom. The Labute approximate surface area is 142 Å². The van der Waals surface area contributed by atoms with Gasteiger partial charge in [0.1, 0.15) is 0 Å². The van der Waals surface area contributed by atoms with Crippen molar-refractivity contribution < 1.29 is 0 Å². The molecule has 0 aromatic heterocycles. The standard InChI is InChI=1S/C17H22.C5H9N/c1-6-8-10-13(3)17-12-15(5)14(4)11-16(17)9-7-2;1-3-5(2)4-6/h6,8,10-12H,1,3,7,9H2,2,4-5H3;3-4H,1,6H2,2H3/b10-8-;5-4-. The van der Waals surface area contributed by atoms with Gasteiger partial charge < -0.3 is 5.73 Å². The minimum Gasteiger partial charge on any atom is -0.404 e. The highest BCUT2D eigenvalue weighted by Crippen LogP contribution is 2.24. The van der Waals surface area contributed by atoms with Gasteiger partial charge in [-0.15, -0.1) is 0 Å². The van der Waals surface area contributed by atoms with Crippen LogP contribution in [-0.2, 0) is 6.42 Å². The fourth-order valence-corrected chi connectivity index (χ4v) is 1.99. The van der Waals surface area contributed by atoms with E-state index < -0.39 is 0 Å². The molecular formula is C22H31N. The Balaban J connectivity index is 0.000000688. The Morgan fingerprint density at radius 2 is 1.78 bits per heavy atom. The summed E-state index contributed by atoms with van der Waals surface area (Å²) < 4.78 is 0. The van der Waals surface area contributed by atoms with Crippen molar-refractivity contribution in [2.24, 2.45) is 5.73 Å². The summed E-state index contributed by atoms with van der Waals surface area (Å²) in [6.45, 7) is 19.7. The van der Waals surface area contributed by atoms with Crippen LogP contribution in [0.25, 0.3) is 5.57 Å². The van der Waals surface area contributed by atoms with Crippen LogP contribution in [0.4, 0.5) is 0 Å². The molecule has 0 fully saturated rings. The maximum Gasteiger partial charge on any atom is -0.00328 e. The van der Waals surface area contributed by atoms with Crippen molar-refractivity contribution in [3.63, 3.8) is 0 Å². The second-order valence-corrected chi connectivity index (χ2v) is 5.58. The van der Waals surface area contributed by atoms with Crippen LogP contribution in [0, 0.1) is 13.8 Å². The van der Waals surface area contributed by atoms with E-state index in [9.17, 15) is 0 Å². The molecule has 0 radical (unpaired) electrons. The van der Waals surface area contributed by atoms with Crippen LogP contribution in [0.5, 0.6) is 0 Å². The van der Waals surface area contributed by atoms with E-state index >= 15 is 0 Å². The van der Waals surface area contributed by atoms with Crippen molar-refractivity contribution in [1.82, 2.24) is 0 Å². The van der Waals surface area contributed by atoms with Gasteiger partial charge >= 0.3 is 0 Å². The van der Waals surface area contributed by atoms with Gasteiger partial charge in [0.25, 0.3) is 0 Å². The van der Waals surface area contributed by atoms with Crippen molar-refractivity contribution >= 4 is 5.57 Å². The molecule has 1 rings (SSSR count). The highest BCUT2D eigenvalue weighted by atomic mass is 14.5. The zero-order valence-electron chi connectivity index (χ0n) is 15.2. The maximum atomic E-state index is 5.05. The normalized spacial score (nSPS) is 10.9. The summed E-state index contributed by atoms with van der Waals surface area (Å²) >= 11 is 0. The van der Waals surface area contributed by atoms with Crippen LogP contribution in [-0.4, -0.2) is 0 Å². The molecule has 0 unspecified atom stereocenters.